The van der Waals surface area contributed by atoms with Crippen LogP contribution in [0, 0.1) is 11.6 Å². The van der Waals surface area contributed by atoms with E-state index in [1.54, 1.807) is 0 Å². The van der Waals surface area contributed by atoms with Crippen molar-refractivity contribution in [1.82, 2.24) is 8.87 Å². The molecule has 0 N–H and O–H groups in total. The Bertz CT molecular complexity index is 1440. The highest BCUT2D eigenvalue weighted by molar-refractivity contribution is 7.89. The topological polar surface area (TPSA) is 92.8 Å². The van der Waals surface area contributed by atoms with Crippen molar-refractivity contribution in [2.24, 2.45) is 0 Å². The molecular formula is C23H23F2N3O5S. The predicted octanol–water partition coefficient (Wildman–Crippen LogP) is 3.03. The number of hydrogen-bond acceptors (Lipinski definition) is 5. The van der Waals surface area contributed by atoms with E-state index in [4.69, 9.17) is 4.42 Å². The number of benzene rings is 2. The molecule has 1 saturated heterocycles. The van der Waals surface area contributed by atoms with E-state index < -0.39 is 27.4 Å². The summed E-state index contributed by atoms with van der Waals surface area (Å²) in [5, 5.41) is 0. The summed E-state index contributed by atoms with van der Waals surface area (Å²) in [6, 6.07) is 6.21. The fourth-order valence-corrected chi connectivity index (χ4v) is 6.24. The number of aryl methyl sites for hydroxylation is 1. The number of sulfonamides is 1. The van der Waals surface area contributed by atoms with E-state index in [9.17, 15) is 26.8 Å². The van der Waals surface area contributed by atoms with Crippen molar-refractivity contribution in [2.75, 3.05) is 24.5 Å². The molecule has 34 heavy (non-hydrogen) atoms. The van der Waals surface area contributed by atoms with Gasteiger partial charge < -0.3 is 9.32 Å². The van der Waals surface area contributed by atoms with Gasteiger partial charge in [-0.1, -0.05) is 0 Å². The van der Waals surface area contributed by atoms with Crippen LogP contribution in [0.1, 0.15) is 31.2 Å². The van der Waals surface area contributed by atoms with Crippen LogP contribution in [0.5, 0.6) is 0 Å². The van der Waals surface area contributed by atoms with E-state index in [0.717, 1.165) is 25.0 Å². The second-order valence-corrected chi connectivity index (χ2v) is 10.5. The Kier molecular flexibility index (Phi) is 5.76. The van der Waals surface area contributed by atoms with Crippen LogP contribution in [0.25, 0.3) is 11.1 Å². The van der Waals surface area contributed by atoms with Crippen LogP contribution in [0.2, 0.25) is 0 Å². The lowest BCUT2D eigenvalue weighted by Gasteiger charge is -2.30. The smallest absolute Gasteiger partial charge is 0.408 e. The third kappa shape index (κ3) is 3.92. The van der Waals surface area contributed by atoms with Gasteiger partial charge in [-0.2, -0.15) is 4.31 Å². The number of fused-ring (bicyclic) bond motifs is 2. The standard InChI is InChI=1S/C23H23F2N3O5S/c24-15-12-18(25)17-4-3-10-27(20(17)13-15)22(29)7-11-28-19-6-5-16(14-21(19)33-23(28)30)34(31,32)26-8-1-2-9-26/h5-6,12-14H,1-4,7-11H2. The Labute approximate surface area is 194 Å². The molecule has 8 nitrogen and oxygen atoms in total. The van der Waals surface area contributed by atoms with E-state index in [0.29, 0.717) is 43.6 Å². The van der Waals surface area contributed by atoms with Gasteiger partial charge in [-0.15, -0.1) is 0 Å². The van der Waals surface area contributed by atoms with Crippen LogP contribution < -0.4 is 10.7 Å². The number of anilines is 1. The van der Waals surface area contributed by atoms with Crippen LogP contribution in [-0.2, 0) is 27.8 Å². The molecule has 0 saturated carbocycles. The number of carbonyl (C=O) groups is 1. The molecule has 3 aromatic rings. The van der Waals surface area contributed by atoms with Gasteiger partial charge >= 0.3 is 5.76 Å². The van der Waals surface area contributed by atoms with Gasteiger partial charge in [0, 0.05) is 50.3 Å². The highest BCUT2D eigenvalue weighted by Crippen LogP contribution is 2.31. The van der Waals surface area contributed by atoms with Crippen LogP contribution in [0.15, 0.2) is 44.4 Å². The van der Waals surface area contributed by atoms with Gasteiger partial charge in [-0.3, -0.25) is 9.36 Å². The highest BCUT2D eigenvalue weighted by atomic mass is 32.2. The van der Waals surface area contributed by atoms with Crippen molar-refractivity contribution in [3.8, 4) is 0 Å². The Morgan fingerprint density at radius 1 is 1.03 bits per heavy atom. The van der Waals surface area contributed by atoms with Gasteiger partial charge in [-0.25, -0.2) is 22.0 Å². The van der Waals surface area contributed by atoms with Crippen molar-refractivity contribution in [3.63, 3.8) is 0 Å². The minimum atomic E-state index is -3.67. The summed E-state index contributed by atoms with van der Waals surface area (Å²) in [6.45, 7) is 1.22. The zero-order valence-corrected chi connectivity index (χ0v) is 19.1. The third-order valence-corrected chi connectivity index (χ3v) is 8.32. The number of hydrogen-bond donors (Lipinski definition) is 0. The molecule has 2 aliphatic rings. The van der Waals surface area contributed by atoms with E-state index in [2.05, 4.69) is 0 Å². The molecule has 1 aromatic heterocycles. The minimum Gasteiger partial charge on any atom is -0.408 e. The molecule has 0 bridgehead atoms. The second-order valence-electron chi connectivity index (χ2n) is 8.54. The summed E-state index contributed by atoms with van der Waals surface area (Å²) in [5.41, 5.74) is 1.01. The zero-order valence-electron chi connectivity index (χ0n) is 18.3. The second kappa shape index (κ2) is 8.62. The summed E-state index contributed by atoms with van der Waals surface area (Å²) < 4.78 is 61.4. The van der Waals surface area contributed by atoms with Crippen molar-refractivity contribution >= 4 is 32.7 Å². The molecule has 5 rings (SSSR count). The van der Waals surface area contributed by atoms with Crippen LogP contribution in [0.4, 0.5) is 14.5 Å². The van der Waals surface area contributed by atoms with E-state index in [1.165, 1.54) is 32.0 Å². The Morgan fingerprint density at radius 2 is 1.79 bits per heavy atom. The maximum Gasteiger partial charge on any atom is 0.419 e. The first-order valence-electron chi connectivity index (χ1n) is 11.2. The van der Waals surface area contributed by atoms with Crippen molar-refractivity contribution in [1.29, 1.82) is 0 Å². The first-order valence-corrected chi connectivity index (χ1v) is 12.6. The molecule has 0 unspecified atom stereocenters. The lowest BCUT2D eigenvalue weighted by Crippen LogP contribution is -2.36. The minimum absolute atomic E-state index is 0.0213. The van der Waals surface area contributed by atoms with Gasteiger partial charge in [0.15, 0.2) is 5.58 Å². The average molecular weight is 492 g/mol. The number of aromatic nitrogens is 1. The number of oxazole rings is 1. The molecular weight excluding hydrogens is 468 g/mol. The largest absolute Gasteiger partial charge is 0.419 e. The molecule has 1 fully saturated rings. The number of halogens is 2. The summed E-state index contributed by atoms with van der Waals surface area (Å²) in [6.07, 6.45) is 2.48. The quantitative estimate of drug-likeness (QED) is 0.547. The van der Waals surface area contributed by atoms with E-state index in [-0.39, 0.29) is 35.0 Å². The number of nitrogens with zero attached hydrogens (tertiary/aromatic N) is 3. The lowest BCUT2D eigenvalue weighted by atomic mass is 10.0. The number of rotatable bonds is 5. The summed E-state index contributed by atoms with van der Waals surface area (Å²) in [4.78, 5) is 26.7. The molecule has 180 valence electrons. The predicted molar refractivity (Wildman–Crippen MR) is 120 cm³/mol. The van der Waals surface area contributed by atoms with Crippen molar-refractivity contribution in [3.05, 3.63) is 58.1 Å². The maximum absolute atomic E-state index is 14.1. The van der Waals surface area contributed by atoms with Crippen LogP contribution in [0.3, 0.4) is 0 Å². The van der Waals surface area contributed by atoms with Gasteiger partial charge in [0.2, 0.25) is 15.9 Å². The van der Waals surface area contributed by atoms with Crippen LogP contribution in [-0.4, -0.2) is 42.8 Å². The maximum atomic E-state index is 14.1. The Hall–Kier alpha value is -3.05. The van der Waals surface area contributed by atoms with Gasteiger partial charge in [0.25, 0.3) is 0 Å². The Morgan fingerprint density at radius 3 is 2.56 bits per heavy atom. The molecule has 2 aromatic carbocycles. The fraction of sp³-hybridized carbons (Fsp3) is 0.391. The third-order valence-electron chi connectivity index (χ3n) is 6.43. The van der Waals surface area contributed by atoms with Gasteiger partial charge in [-0.05, 0) is 43.9 Å². The SMILES string of the molecule is O=C(CCn1c(=O)oc2cc(S(=O)(=O)N3CCCC3)ccc21)N1CCCc2c(F)cc(F)cc21. The molecule has 0 spiro atoms. The molecule has 0 atom stereocenters. The highest BCUT2D eigenvalue weighted by Gasteiger charge is 2.29. The Balaban J connectivity index is 1.38. The fourth-order valence-electron chi connectivity index (χ4n) is 4.71. The summed E-state index contributed by atoms with van der Waals surface area (Å²) in [5.74, 6) is -2.52. The summed E-state index contributed by atoms with van der Waals surface area (Å²) in [7, 11) is -3.67. The molecule has 1 amide bonds. The average Bonchev–Trinajstić information content (AvgIpc) is 3.45. The molecule has 3 heterocycles. The first-order chi connectivity index (χ1) is 16.3. The van der Waals surface area contributed by atoms with Gasteiger partial charge in [0.1, 0.15) is 11.6 Å². The van der Waals surface area contributed by atoms with E-state index >= 15 is 0 Å². The first kappa shape index (κ1) is 22.7. The number of carbonyl (C=O) groups excluding carboxylic acids is 1. The molecule has 11 heteroatoms. The van der Waals surface area contributed by atoms with Gasteiger partial charge in [0.05, 0.1) is 16.1 Å². The van der Waals surface area contributed by atoms with Crippen molar-refractivity contribution in [2.45, 2.75) is 43.5 Å². The van der Waals surface area contributed by atoms with Crippen LogP contribution >= 0.6 is 0 Å². The normalized spacial score (nSPS) is 16.8. The lowest BCUT2D eigenvalue weighted by molar-refractivity contribution is -0.118. The molecule has 0 aliphatic carbocycles. The zero-order chi connectivity index (χ0) is 24.0. The van der Waals surface area contributed by atoms with E-state index in [1.807, 2.05) is 0 Å². The monoisotopic (exact) mass is 491 g/mol. The number of amides is 1. The molecule has 0 radical (unpaired) electrons. The summed E-state index contributed by atoms with van der Waals surface area (Å²) >= 11 is 0. The molecule has 2 aliphatic heterocycles. The van der Waals surface area contributed by atoms with Crippen molar-refractivity contribution < 1.29 is 26.4 Å².